The fourth-order valence-corrected chi connectivity index (χ4v) is 3.17. The zero-order valence-corrected chi connectivity index (χ0v) is 13.3. The molecule has 3 aromatic rings. The van der Waals surface area contributed by atoms with Crippen molar-refractivity contribution in [3.63, 3.8) is 0 Å². The summed E-state index contributed by atoms with van der Waals surface area (Å²) in [7, 11) is 0. The van der Waals surface area contributed by atoms with Gasteiger partial charge in [0.1, 0.15) is 0 Å². The van der Waals surface area contributed by atoms with Crippen LogP contribution in [-0.4, -0.2) is 33.9 Å². The van der Waals surface area contributed by atoms with Crippen LogP contribution in [0.2, 0.25) is 0 Å². The van der Waals surface area contributed by atoms with Crippen LogP contribution in [-0.2, 0) is 4.79 Å². The predicted octanol–water partition coefficient (Wildman–Crippen LogP) is 2.81. The highest BCUT2D eigenvalue weighted by Gasteiger charge is 2.26. The first-order valence-corrected chi connectivity index (χ1v) is 8.19. The first kappa shape index (κ1) is 14.7. The first-order valence-electron chi connectivity index (χ1n) is 8.19. The Morgan fingerprint density at radius 1 is 1.17 bits per heavy atom. The topological polar surface area (TPSA) is 73.9 Å². The standard InChI is InChI=1S/C18H19N5O/c24-17(22-15-3-2-13-4-9-19-16(13)12-15)14-5-10-23(11-6-14)18-20-7-1-8-21-18/h1-4,7-9,12,14,19H,5-6,10-11H2,(H,22,24). The fourth-order valence-electron chi connectivity index (χ4n) is 3.17. The highest BCUT2D eigenvalue weighted by Crippen LogP contribution is 2.23. The third-order valence-corrected chi connectivity index (χ3v) is 4.52. The molecule has 0 radical (unpaired) electrons. The Labute approximate surface area is 139 Å². The molecule has 6 nitrogen and oxygen atoms in total. The third-order valence-electron chi connectivity index (χ3n) is 4.52. The van der Waals surface area contributed by atoms with E-state index in [1.54, 1.807) is 12.4 Å². The van der Waals surface area contributed by atoms with Gasteiger partial charge in [-0.15, -0.1) is 0 Å². The number of aromatic amines is 1. The van der Waals surface area contributed by atoms with Crippen LogP contribution in [0.1, 0.15) is 12.8 Å². The monoisotopic (exact) mass is 321 g/mol. The molecular formula is C18H19N5O. The number of anilines is 2. The largest absolute Gasteiger partial charge is 0.361 e. The Balaban J connectivity index is 1.37. The fraction of sp³-hybridized carbons (Fsp3) is 0.278. The lowest BCUT2D eigenvalue weighted by Gasteiger charge is -2.31. The number of benzene rings is 1. The Morgan fingerprint density at radius 3 is 2.75 bits per heavy atom. The minimum atomic E-state index is 0.0318. The molecule has 1 amide bonds. The summed E-state index contributed by atoms with van der Waals surface area (Å²) in [5, 5.41) is 4.18. The van der Waals surface area contributed by atoms with E-state index in [9.17, 15) is 4.79 Å². The number of hydrogen-bond donors (Lipinski definition) is 2. The maximum absolute atomic E-state index is 12.5. The van der Waals surface area contributed by atoms with Crippen molar-refractivity contribution < 1.29 is 4.79 Å². The van der Waals surface area contributed by atoms with E-state index in [4.69, 9.17) is 0 Å². The zero-order valence-electron chi connectivity index (χ0n) is 13.3. The number of rotatable bonds is 3. The molecule has 0 aliphatic carbocycles. The van der Waals surface area contributed by atoms with Crippen LogP contribution in [0.4, 0.5) is 11.6 Å². The molecule has 1 aliphatic rings. The van der Waals surface area contributed by atoms with E-state index in [1.165, 1.54) is 0 Å². The summed E-state index contributed by atoms with van der Waals surface area (Å²) in [6.07, 6.45) is 7.02. The summed E-state index contributed by atoms with van der Waals surface area (Å²) in [4.78, 5) is 26.4. The molecule has 122 valence electrons. The van der Waals surface area contributed by atoms with Gasteiger partial charge in [-0.05, 0) is 42.5 Å². The summed E-state index contributed by atoms with van der Waals surface area (Å²) >= 11 is 0. The maximum Gasteiger partial charge on any atom is 0.227 e. The molecule has 6 heteroatoms. The lowest BCUT2D eigenvalue weighted by Crippen LogP contribution is -2.39. The van der Waals surface area contributed by atoms with Crippen LogP contribution in [0.25, 0.3) is 10.9 Å². The van der Waals surface area contributed by atoms with Crippen molar-refractivity contribution in [2.45, 2.75) is 12.8 Å². The number of nitrogens with one attached hydrogen (secondary N) is 2. The predicted molar refractivity (Wildman–Crippen MR) is 93.9 cm³/mol. The molecule has 0 saturated carbocycles. The van der Waals surface area contributed by atoms with Crippen molar-refractivity contribution >= 4 is 28.4 Å². The summed E-state index contributed by atoms with van der Waals surface area (Å²) in [5.41, 5.74) is 1.87. The van der Waals surface area contributed by atoms with Gasteiger partial charge in [-0.1, -0.05) is 6.07 Å². The Bertz CT molecular complexity index is 837. The average molecular weight is 321 g/mol. The summed E-state index contributed by atoms with van der Waals surface area (Å²) in [6, 6.07) is 9.75. The van der Waals surface area contributed by atoms with Gasteiger partial charge >= 0.3 is 0 Å². The molecule has 0 atom stereocenters. The SMILES string of the molecule is O=C(Nc1ccc2cc[nH]c2c1)C1CCN(c2ncccn2)CC1. The maximum atomic E-state index is 12.5. The number of amides is 1. The Hall–Kier alpha value is -2.89. The van der Waals surface area contributed by atoms with Gasteiger partial charge in [0.2, 0.25) is 11.9 Å². The van der Waals surface area contributed by atoms with Crippen LogP contribution >= 0.6 is 0 Å². The number of H-pyrrole nitrogens is 1. The van der Waals surface area contributed by atoms with E-state index in [0.29, 0.717) is 0 Å². The lowest BCUT2D eigenvalue weighted by atomic mass is 9.96. The lowest BCUT2D eigenvalue weighted by molar-refractivity contribution is -0.120. The van der Waals surface area contributed by atoms with Gasteiger partial charge in [0.05, 0.1) is 0 Å². The van der Waals surface area contributed by atoms with Crippen molar-refractivity contribution in [3.8, 4) is 0 Å². The minimum absolute atomic E-state index is 0.0318. The summed E-state index contributed by atoms with van der Waals surface area (Å²) in [5.74, 6) is 0.868. The molecular weight excluding hydrogens is 302 g/mol. The second kappa shape index (κ2) is 6.31. The van der Waals surface area contributed by atoms with Gasteiger partial charge in [-0.2, -0.15) is 0 Å². The Morgan fingerprint density at radius 2 is 1.96 bits per heavy atom. The molecule has 3 heterocycles. The number of aromatic nitrogens is 3. The summed E-state index contributed by atoms with van der Waals surface area (Å²) in [6.45, 7) is 1.61. The smallest absolute Gasteiger partial charge is 0.227 e. The zero-order chi connectivity index (χ0) is 16.4. The van der Waals surface area contributed by atoms with Crippen LogP contribution in [0.15, 0.2) is 48.9 Å². The van der Waals surface area contributed by atoms with E-state index in [2.05, 4.69) is 25.2 Å². The van der Waals surface area contributed by atoms with Crippen LogP contribution in [0, 0.1) is 5.92 Å². The number of piperidine rings is 1. The normalized spacial score (nSPS) is 15.6. The molecule has 2 N–H and O–H groups in total. The molecule has 0 spiro atoms. The van der Waals surface area contributed by atoms with Crippen molar-refractivity contribution in [1.82, 2.24) is 15.0 Å². The van der Waals surface area contributed by atoms with Crippen molar-refractivity contribution in [2.24, 2.45) is 5.92 Å². The minimum Gasteiger partial charge on any atom is -0.361 e. The van der Waals surface area contributed by atoms with Crippen LogP contribution in [0.5, 0.6) is 0 Å². The molecule has 0 bridgehead atoms. The summed E-state index contributed by atoms with van der Waals surface area (Å²) < 4.78 is 0. The van der Waals surface area contributed by atoms with Gasteiger partial charge in [0.25, 0.3) is 0 Å². The van der Waals surface area contributed by atoms with Crippen LogP contribution in [0.3, 0.4) is 0 Å². The number of carbonyl (C=O) groups excluding carboxylic acids is 1. The molecule has 24 heavy (non-hydrogen) atoms. The second-order valence-corrected chi connectivity index (χ2v) is 6.08. The van der Waals surface area contributed by atoms with Crippen molar-refractivity contribution in [1.29, 1.82) is 0 Å². The average Bonchev–Trinajstić information content (AvgIpc) is 3.10. The number of fused-ring (bicyclic) bond motifs is 1. The molecule has 4 rings (SSSR count). The van der Waals surface area contributed by atoms with E-state index in [1.807, 2.05) is 36.5 Å². The van der Waals surface area contributed by atoms with E-state index in [-0.39, 0.29) is 11.8 Å². The van der Waals surface area contributed by atoms with E-state index in [0.717, 1.165) is 48.5 Å². The highest BCUT2D eigenvalue weighted by molar-refractivity contribution is 5.95. The van der Waals surface area contributed by atoms with Crippen LogP contribution < -0.4 is 10.2 Å². The van der Waals surface area contributed by atoms with E-state index < -0.39 is 0 Å². The number of nitrogens with zero attached hydrogens (tertiary/aromatic N) is 3. The molecule has 1 fully saturated rings. The molecule has 1 saturated heterocycles. The quantitative estimate of drug-likeness (QED) is 0.778. The molecule has 1 aromatic carbocycles. The van der Waals surface area contributed by atoms with Crippen molar-refractivity contribution in [2.75, 3.05) is 23.3 Å². The number of carbonyl (C=O) groups is 1. The third kappa shape index (κ3) is 2.95. The van der Waals surface area contributed by atoms with Gasteiger partial charge < -0.3 is 15.2 Å². The Kier molecular flexibility index (Phi) is 3.86. The van der Waals surface area contributed by atoms with E-state index >= 15 is 0 Å². The highest BCUT2D eigenvalue weighted by atomic mass is 16.1. The molecule has 1 aliphatic heterocycles. The van der Waals surface area contributed by atoms with Gasteiger partial charge in [-0.25, -0.2) is 9.97 Å². The molecule has 0 unspecified atom stereocenters. The van der Waals surface area contributed by atoms with Gasteiger partial charge in [0, 0.05) is 48.8 Å². The second-order valence-electron chi connectivity index (χ2n) is 6.08. The molecule has 2 aromatic heterocycles. The van der Waals surface area contributed by atoms with Gasteiger partial charge in [0.15, 0.2) is 0 Å². The number of hydrogen-bond acceptors (Lipinski definition) is 4. The van der Waals surface area contributed by atoms with Crippen molar-refractivity contribution in [3.05, 3.63) is 48.9 Å². The van der Waals surface area contributed by atoms with Gasteiger partial charge in [-0.3, -0.25) is 4.79 Å². The first-order chi connectivity index (χ1) is 11.8.